The van der Waals surface area contributed by atoms with E-state index in [0.29, 0.717) is 43.0 Å². The van der Waals surface area contributed by atoms with Gasteiger partial charge in [-0.3, -0.25) is 4.79 Å². The average Bonchev–Trinajstić information content (AvgIpc) is 2.94. The number of piperidine rings is 1. The molecule has 3 aromatic carbocycles. The number of nitrogens with zero attached hydrogens (tertiary/aromatic N) is 1. The number of hydrogen-bond donors (Lipinski definition) is 1. The molecular weight excluding hydrogens is 490 g/mol. The van der Waals surface area contributed by atoms with Gasteiger partial charge < -0.3 is 19.2 Å². The van der Waals surface area contributed by atoms with E-state index in [9.17, 15) is 14.7 Å². The van der Waals surface area contributed by atoms with E-state index in [0.717, 1.165) is 53.1 Å². The van der Waals surface area contributed by atoms with Crippen LogP contribution in [0.5, 0.6) is 5.75 Å². The molecule has 6 heteroatoms. The van der Waals surface area contributed by atoms with Crippen LogP contribution in [0.4, 0.5) is 0 Å². The molecule has 2 aliphatic rings. The standard InChI is InChI=1S/C33H35NO5/c1-21-10-11-23-7-3-4-9-27(23)29(21)20-38-25-12-13-26-22(2)28(32(36)39-30(26)17-25)18-31(35)34-16-15-33(37)14-6-5-8-24(33)19-34/h3-4,7,9-13,17,24,37H,5-6,8,14-16,18-20H2,1-2H3. The summed E-state index contributed by atoms with van der Waals surface area (Å²) in [7, 11) is 0. The lowest BCUT2D eigenvalue weighted by Crippen LogP contribution is -2.55. The van der Waals surface area contributed by atoms with E-state index in [1.54, 1.807) is 6.07 Å². The normalized spacial score (nSPS) is 21.2. The molecule has 1 aromatic heterocycles. The Kier molecular flexibility index (Phi) is 6.67. The van der Waals surface area contributed by atoms with Crippen LogP contribution in [0.15, 0.2) is 63.8 Å². The summed E-state index contributed by atoms with van der Waals surface area (Å²) in [6.45, 7) is 5.44. The molecule has 6 nitrogen and oxygen atoms in total. The Hall–Kier alpha value is -3.64. The Labute approximate surface area is 228 Å². The highest BCUT2D eigenvalue weighted by molar-refractivity contribution is 5.87. The quantitative estimate of drug-likeness (QED) is 0.331. The van der Waals surface area contributed by atoms with Crippen molar-refractivity contribution in [1.29, 1.82) is 0 Å². The van der Waals surface area contributed by atoms with Gasteiger partial charge in [0.2, 0.25) is 5.91 Å². The Morgan fingerprint density at radius 2 is 1.90 bits per heavy atom. The van der Waals surface area contributed by atoms with Gasteiger partial charge in [-0.15, -0.1) is 0 Å². The van der Waals surface area contributed by atoms with Crippen LogP contribution in [0.25, 0.3) is 21.7 Å². The van der Waals surface area contributed by atoms with Crippen molar-refractivity contribution in [2.75, 3.05) is 13.1 Å². The van der Waals surface area contributed by atoms with E-state index in [4.69, 9.17) is 9.15 Å². The van der Waals surface area contributed by atoms with Gasteiger partial charge in [-0.05, 0) is 67.1 Å². The summed E-state index contributed by atoms with van der Waals surface area (Å²) in [6.07, 6.45) is 4.52. The zero-order chi connectivity index (χ0) is 27.1. The van der Waals surface area contributed by atoms with Crippen molar-refractivity contribution in [3.8, 4) is 5.75 Å². The van der Waals surface area contributed by atoms with E-state index >= 15 is 0 Å². The minimum absolute atomic E-state index is 0.00780. The van der Waals surface area contributed by atoms with Crippen molar-refractivity contribution in [3.63, 3.8) is 0 Å². The Morgan fingerprint density at radius 1 is 1.05 bits per heavy atom. The second-order valence-electron chi connectivity index (χ2n) is 11.3. The number of carbonyl (C=O) groups excluding carboxylic acids is 1. The molecule has 2 atom stereocenters. The molecule has 2 unspecified atom stereocenters. The second kappa shape index (κ2) is 10.2. The van der Waals surface area contributed by atoms with Crippen molar-refractivity contribution in [3.05, 3.63) is 87.3 Å². The van der Waals surface area contributed by atoms with Crippen LogP contribution >= 0.6 is 0 Å². The fourth-order valence-corrected chi connectivity index (χ4v) is 6.52. The molecule has 1 aliphatic heterocycles. The molecule has 0 bridgehead atoms. The number of aryl methyl sites for hydroxylation is 2. The van der Waals surface area contributed by atoms with Gasteiger partial charge in [0.05, 0.1) is 17.6 Å². The van der Waals surface area contributed by atoms with Crippen LogP contribution in [0.1, 0.15) is 54.4 Å². The van der Waals surface area contributed by atoms with Gasteiger partial charge in [0.15, 0.2) is 0 Å². The molecule has 39 heavy (non-hydrogen) atoms. The fraction of sp³-hybridized carbons (Fsp3) is 0.394. The first-order valence-corrected chi connectivity index (χ1v) is 14.0. The number of amides is 1. The SMILES string of the molecule is Cc1ccc2ccccc2c1COc1ccc2c(C)c(CC(=O)N3CCC4(O)CCCCC4C3)c(=O)oc2c1. The third-order valence-electron chi connectivity index (χ3n) is 9.03. The molecule has 1 amide bonds. The Morgan fingerprint density at radius 3 is 2.77 bits per heavy atom. The number of benzene rings is 3. The maximum Gasteiger partial charge on any atom is 0.340 e. The van der Waals surface area contributed by atoms with Crippen LogP contribution in [-0.4, -0.2) is 34.6 Å². The van der Waals surface area contributed by atoms with Crippen molar-refractivity contribution in [1.82, 2.24) is 4.90 Å². The highest BCUT2D eigenvalue weighted by Crippen LogP contribution is 2.40. The van der Waals surface area contributed by atoms with E-state index in [1.165, 1.54) is 5.39 Å². The van der Waals surface area contributed by atoms with E-state index < -0.39 is 11.2 Å². The van der Waals surface area contributed by atoms with Crippen LogP contribution in [-0.2, 0) is 17.8 Å². The van der Waals surface area contributed by atoms with Crippen molar-refractivity contribution in [2.45, 2.75) is 64.6 Å². The average molecular weight is 526 g/mol. The summed E-state index contributed by atoms with van der Waals surface area (Å²) in [5, 5.41) is 14.1. The van der Waals surface area contributed by atoms with Gasteiger partial charge in [0.25, 0.3) is 0 Å². The van der Waals surface area contributed by atoms with Gasteiger partial charge in [-0.1, -0.05) is 49.2 Å². The van der Waals surface area contributed by atoms with Crippen molar-refractivity contribution in [2.24, 2.45) is 5.92 Å². The van der Waals surface area contributed by atoms with Gasteiger partial charge in [0, 0.05) is 36.0 Å². The van der Waals surface area contributed by atoms with E-state index in [1.807, 2.05) is 36.1 Å². The minimum Gasteiger partial charge on any atom is -0.489 e. The predicted octanol–water partition coefficient (Wildman–Crippen LogP) is 5.84. The zero-order valence-corrected chi connectivity index (χ0v) is 22.7. The summed E-state index contributed by atoms with van der Waals surface area (Å²) >= 11 is 0. The van der Waals surface area contributed by atoms with E-state index in [-0.39, 0.29) is 18.2 Å². The lowest BCUT2D eigenvalue weighted by molar-refractivity contribution is -0.142. The summed E-state index contributed by atoms with van der Waals surface area (Å²) in [5.74, 6) is 0.659. The van der Waals surface area contributed by atoms with Crippen LogP contribution < -0.4 is 10.4 Å². The summed E-state index contributed by atoms with van der Waals surface area (Å²) in [5.41, 5.74) is 2.78. The number of aliphatic hydroxyl groups is 1. The molecule has 2 heterocycles. The first kappa shape index (κ1) is 25.6. The maximum absolute atomic E-state index is 13.2. The smallest absolute Gasteiger partial charge is 0.340 e. The molecule has 0 spiro atoms. The lowest BCUT2D eigenvalue weighted by Gasteiger charge is -2.47. The second-order valence-corrected chi connectivity index (χ2v) is 11.3. The maximum atomic E-state index is 13.2. The fourth-order valence-electron chi connectivity index (χ4n) is 6.52. The molecule has 1 saturated heterocycles. The van der Waals surface area contributed by atoms with Crippen molar-refractivity contribution >= 4 is 27.6 Å². The summed E-state index contributed by atoms with van der Waals surface area (Å²) in [6, 6.07) is 18.0. The molecule has 202 valence electrons. The van der Waals surface area contributed by atoms with Crippen LogP contribution in [0.3, 0.4) is 0 Å². The number of ether oxygens (including phenoxy) is 1. The predicted molar refractivity (Wildman–Crippen MR) is 152 cm³/mol. The Balaban J connectivity index is 1.20. The molecule has 1 saturated carbocycles. The zero-order valence-electron chi connectivity index (χ0n) is 22.7. The topological polar surface area (TPSA) is 80.0 Å². The highest BCUT2D eigenvalue weighted by atomic mass is 16.5. The van der Waals surface area contributed by atoms with Gasteiger partial charge in [-0.25, -0.2) is 4.79 Å². The molecule has 2 fully saturated rings. The van der Waals surface area contributed by atoms with Gasteiger partial charge in [0.1, 0.15) is 17.9 Å². The number of fused-ring (bicyclic) bond motifs is 3. The van der Waals surface area contributed by atoms with Crippen LogP contribution in [0, 0.1) is 19.8 Å². The first-order valence-electron chi connectivity index (χ1n) is 14.0. The highest BCUT2D eigenvalue weighted by Gasteiger charge is 2.43. The van der Waals surface area contributed by atoms with Gasteiger partial charge >= 0.3 is 5.63 Å². The molecule has 4 aromatic rings. The van der Waals surface area contributed by atoms with Gasteiger partial charge in [-0.2, -0.15) is 0 Å². The van der Waals surface area contributed by atoms with Crippen molar-refractivity contribution < 1.29 is 19.1 Å². The lowest BCUT2D eigenvalue weighted by atomic mass is 9.71. The van der Waals surface area contributed by atoms with E-state index in [2.05, 4.69) is 31.2 Å². The number of likely N-dealkylation sites (tertiary alicyclic amines) is 1. The minimum atomic E-state index is -0.640. The molecule has 6 rings (SSSR count). The van der Waals surface area contributed by atoms with Crippen LogP contribution in [0.2, 0.25) is 0 Å². The molecule has 1 N–H and O–H groups in total. The third-order valence-corrected chi connectivity index (χ3v) is 9.03. The third kappa shape index (κ3) is 4.82. The monoisotopic (exact) mass is 525 g/mol. The molecule has 0 radical (unpaired) electrons. The largest absolute Gasteiger partial charge is 0.489 e. The summed E-state index contributed by atoms with van der Waals surface area (Å²) in [4.78, 5) is 28.1. The summed E-state index contributed by atoms with van der Waals surface area (Å²) < 4.78 is 11.9. The number of rotatable bonds is 5. The first-order chi connectivity index (χ1) is 18.8. The number of carbonyl (C=O) groups is 1. The Bertz CT molecular complexity index is 1620. The number of hydrogen-bond acceptors (Lipinski definition) is 5. The molecular formula is C33H35NO5. The molecule has 1 aliphatic carbocycles.